The van der Waals surface area contributed by atoms with Crippen molar-refractivity contribution in [2.75, 3.05) is 6.54 Å². The van der Waals surface area contributed by atoms with Crippen LogP contribution in [-0.2, 0) is 11.2 Å². The molecular weight excluding hydrogens is 374 g/mol. The van der Waals surface area contributed by atoms with Crippen LogP contribution in [0, 0.1) is 0 Å². The van der Waals surface area contributed by atoms with E-state index in [2.05, 4.69) is 44.0 Å². The Morgan fingerprint density at radius 3 is 2.68 bits per heavy atom. The second-order valence-electron chi connectivity index (χ2n) is 4.81. The number of nitrogens with zero attached hydrogens (tertiary/aromatic N) is 1. The van der Waals surface area contributed by atoms with Crippen molar-refractivity contribution in [3.8, 4) is 0 Å². The zero-order valence-corrected chi connectivity index (χ0v) is 13.8. The van der Waals surface area contributed by atoms with Crippen LogP contribution in [0.1, 0.15) is 31.2 Å². The molecule has 1 atom stereocenters. The van der Waals surface area contributed by atoms with Crippen LogP contribution >= 0.6 is 31.9 Å². The van der Waals surface area contributed by atoms with Crippen molar-refractivity contribution in [2.24, 2.45) is 0 Å². The lowest BCUT2D eigenvalue weighted by atomic mass is 10.1. The van der Waals surface area contributed by atoms with Crippen LogP contribution in [0.5, 0.6) is 0 Å². The van der Waals surface area contributed by atoms with Crippen LogP contribution in [0.2, 0.25) is 0 Å². The van der Waals surface area contributed by atoms with Gasteiger partial charge in [0.2, 0.25) is 5.91 Å². The minimum absolute atomic E-state index is 0.0823. The molecule has 1 aromatic carbocycles. The van der Waals surface area contributed by atoms with E-state index in [9.17, 15) is 9.90 Å². The van der Waals surface area contributed by atoms with Gasteiger partial charge in [-0.3, -0.25) is 4.79 Å². The van der Waals surface area contributed by atoms with Crippen LogP contribution in [-0.4, -0.2) is 28.7 Å². The molecule has 1 fully saturated rings. The summed E-state index contributed by atoms with van der Waals surface area (Å²) < 4.78 is 2.12. The Kier molecular flexibility index (Phi) is 5.42. The molecule has 1 unspecified atom stereocenters. The van der Waals surface area contributed by atoms with Gasteiger partial charge in [0.15, 0.2) is 0 Å². The van der Waals surface area contributed by atoms with Crippen LogP contribution < -0.4 is 0 Å². The van der Waals surface area contributed by atoms with Gasteiger partial charge in [-0.1, -0.05) is 6.07 Å². The molecular formula is C14H17Br2NO2. The summed E-state index contributed by atoms with van der Waals surface area (Å²) >= 11 is 6.94. The van der Waals surface area contributed by atoms with Crippen LogP contribution in [0.15, 0.2) is 27.1 Å². The van der Waals surface area contributed by atoms with Crippen molar-refractivity contribution in [3.05, 3.63) is 32.7 Å². The summed E-state index contributed by atoms with van der Waals surface area (Å²) in [5, 5.41) is 9.64. The number of aryl methyl sites for hydroxylation is 1. The van der Waals surface area contributed by atoms with Crippen molar-refractivity contribution in [1.82, 2.24) is 4.90 Å². The normalized spacial score (nSPS) is 19.2. The van der Waals surface area contributed by atoms with Gasteiger partial charge in [-0.25, -0.2) is 0 Å². The molecule has 0 aliphatic carbocycles. The Morgan fingerprint density at radius 2 is 2.05 bits per heavy atom. The molecule has 19 heavy (non-hydrogen) atoms. The Morgan fingerprint density at radius 1 is 1.26 bits per heavy atom. The first-order chi connectivity index (χ1) is 9.08. The smallest absolute Gasteiger partial charge is 0.224 e. The molecule has 0 radical (unpaired) electrons. The van der Waals surface area contributed by atoms with Gasteiger partial charge in [0.25, 0.3) is 0 Å². The van der Waals surface area contributed by atoms with E-state index in [0.29, 0.717) is 19.4 Å². The second kappa shape index (κ2) is 6.86. The minimum atomic E-state index is -0.561. The van der Waals surface area contributed by atoms with Gasteiger partial charge in [-0.15, -0.1) is 0 Å². The fraction of sp³-hybridized carbons (Fsp3) is 0.500. The number of aliphatic hydroxyl groups excluding tert-OH is 1. The number of carbonyl (C=O) groups excluding carboxylic acids is 1. The highest BCUT2D eigenvalue weighted by molar-refractivity contribution is 9.13. The zero-order valence-electron chi connectivity index (χ0n) is 10.6. The first kappa shape index (κ1) is 15.0. The van der Waals surface area contributed by atoms with Crippen LogP contribution in [0.3, 0.4) is 0 Å². The standard InChI is InChI=1S/C14H17Br2NO2/c15-11-5-4-10(9-12(11)16)3-1-2-8-17-13(18)6-7-14(17)19/h4-5,9,13,18H,1-3,6-8H2. The molecule has 0 saturated carbocycles. The van der Waals surface area contributed by atoms with Gasteiger partial charge in [0.05, 0.1) is 0 Å². The van der Waals surface area contributed by atoms with E-state index in [-0.39, 0.29) is 5.91 Å². The molecule has 1 aromatic rings. The number of rotatable bonds is 5. The lowest BCUT2D eigenvalue weighted by Crippen LogP contribution is -2.33. The summed E-state index contributed by atoms with van der Waals surface area (Å²) in [5.74, 6) is 0.0823. The molecule has 1 heterocycles. The van der Waals surface area contributed by atoms with E-state index in [1.807, 2.05) is 6.07 Å². The Labute approximate surface area is 130 Å². The number of halogens is 2. The quantitative estimate of drug-likeness (QED) is 0.782. The fourth-order valence-corrected chi connectivity index (χ4v) is 2.97. The number of aliphatic hydroxyl groups is 1. The summed E-state index contributed by atoms with van der Waals surface area (Å²) in [5.41, 5.74) is 1.28. The molecule has 1 aliphatic rings. The maximum absolute atomic E-state index is 11.5. The van der Waals surface area contributed by atoms with E-state index < -0.39 is 6.23 Å². The number of unbranched alkanes of at least 4 members (excludes halogenated alkanes) is 1. The SMILES string of the molecule is O=C1CCC(O)N1CCCCc1ccc(Br)c(Br)c1. The van der Waals surface area contributed by atoms with Gasteiger partial charge in [0.1, 0.15) is 6.23 Å². The summed E-state index contributed by atoms with van der Waals surface area (Å²) in [6, 6.07) is 6.25. The molecule has 3 nitrogen and oxygen atoms in total. The first-order valence-corrected chi connectivity index (χ1v) is 8.08. The van der Waals surface area contributed by atoms with Gasteiger partial charge in [0, 0.05) is 28.3 Å². The average molecular weight is 391 g/mol. The molecule has 104 valence electrons. The molecule has 0 spiro atoms. The van der Waals surface area contributed by atoms with Gasteiger partial charge in [-0.05, 0) is 68.8 Å². The number of hydrogen-bond acceptors (Lipinski definition) is 2. The predicted octanol–water partition coefficient (Wildman–Crippen LogP) is 3.48. The first-order valence-electron chi connectivity index (χ1n) is 6.49. The summed E-state index contributed by atoms with van der Waals surface area (Å²) in [6.45, 7) is 0.664. The van der Waals surface area contributed by atoms with Crippen molar-refractivity contribution in [2.45, 2.75) is 38.3 Å². The van der Waals surface area contributed by atoms with Gasteiger partial charge < -0.3 is 10.0 Å². The average Bonchev–Trinajstić information content (AvgIpc) is 2.70. The molecule has 5 heteroatoms. The van der Waals surface area contributed by atoms with Gasteiger partial charge >= 0.3 is 0 Å². The summed E-state index contributed by atoms with van der Waals surface area (Å²) in [4.78, 5) is 13.1. The van der Waals surface area contributed by atoms with E-state index in [1.165, 1.54) is 5.56 Å². The zero-order chi connectivity index (χ0) is 13.8. The molecule has 2 rings (SSSR count). The van der Waals surface area contributed by atoms with Crippen molar-refractivity contribution in [3.63, 3.8) is 0 Å². The van der Waals surface area contributed by atoms with Crippen molar-refractivity contribution in [1.29, 1.82) is 0 Å². The molecule has 1 N–H and O–H groups in total. The van der Waals surface area contributed by atoms with Crippen molar-refractivity contribution < 1.29 is 9.90 Å². The van der Waals surface area contributed by atoms with Gasteiger partial charge in [-0.2, -0.15) is 0 Å². The highest BCUT2D eigenvalue weighted by Crippen LogP contribution is 2.24. The third kappa shape index (κ3) is 4.04. The Bertz CT molecular complexity index is 465. The number of carbonyl (C=O) groups is 1. The molecule has 1 saturated heterocycles. The van der Waals surface area contributed by atoms with Crippen LogP contribution in [0.4, 0.5) is 0 Å². The lowest BCUT2D eigenvalue weighted by molar-refractivity contribution is -0.133. The Hall–Kier alpha value is -0.390. The topological polar surface area (TPSA) is 40.5 Å². The maximum atomic E-state index is 11.5. The van der Waals surface area contributed by atoms with E-state index in [1.54, 1.807) is 4.90 Å². The molecule has 1 amide bonds. The number of amides is 1. The monoisotopic (exact) mass is 389 g/mol. The third-order valence-corrected chi connectivity index (χ3v) is 5.27. The number of benzene rings is 1. The van der Waals surface area contributed by atoms with Crippen molar-refractivity contribution >= 4 is 37.8 Å². The molecule has 0 bridgehead atoms. The summed E-state index contributed by atoms with van der Waals surface area (Å²) in [6.07, 6.45) is 3.44. The van der Waals surface area contributed by atoms with Crippen LogP contribution in [0.25, 0.3) is 0 Å². The maximum Gasteiger partial charge on any atom is 0.224 e. The lowest BCUT2D eigenvalue weighted by Gasteiger charge is -2.20. The number of likely N-dealkylation sites (tertiary alicyclic amines) is 1. The molecule has 1 aliphatic heterocycles. The minimum Gasteiger partial charge on any atom is -0.374 e. The highest BCUT2D eigenvalue weighted by Gasteiger charge is 2.28. The molecule has 0 aromatic heterocycles. The Balaban J connectivity index is 1.74. The predicted molar refractivity (Wildman–Crippen MR) is 81.7 cm³/mol. The number of hydrogen-bond donors (Lipinski definition) is 1. The highest BCUT2D eigenvalue weighted by atomic mass is 79.9. The third-order valence-electron chi connectivity index (χ3n) is 3.39. The second-order valence-corrected chi connectivity index (χ2v) is 6.52. The summed E-state index contributed by atoms with van der Waals surface area (Å²) in [7, 11) is 0. The fourth-order valence-electron chi connectivity index (χ4n) is 2.30. The van der Waals surface area contributed by atoms with E-state index in [4.69, 9.17) is 0 Å². The van der Waals surface area contributed by atoms with E-state index in [0.717, 1.165) is 28.2 Å². The largest absolute Gasteiger partial charge is 0.374 e. The van der Waals surface area contributed by atoms with E-state index >= 15 is 0 Å².